The van der Waals surface area contributed by atoms with Gasteiger partial charge in [0, 0.05) is 67.8 Å². The lowest BCUT2D eigenvalue weighted by molar-refractivity contribution is -0.0365. The molecule has 2 fully saturated rings. The lowest BCUT2D eigenvalue weighted by atomic mass is 10.0. The van der Waals surface area contributed by atoms with E-state index in [0.29, 0.717) is 82.1 Å². The first-order valence-corrected chi connectivity index (χ1v) is 14.7. The van der Waals surface area contributed by atoms with Crippen molar-refractivity contribution >= 4 is 39.8 Å². The van der Waals surface area contributed by atoms with Gasteiger partial charge in [0.25, 0.3) is 0 Å². The summed E-state index contributed by atoms with van der Waals surface area (Å²) in [6, 6.07) is 6.27. The summed E-state index contributed by atoms with van der Waals surface area (Å²) in [6.07, 6.45) is 4.82. The molecular formula is C30H31Cl2F2N5O3. The second-order valence-corrected chi connectivity index (χ2v) is 11.3. The third-order valence-corrected chi connectivity index (χ3v) is 8.35. The molecule has 4 heterocycles. The maximum Gasteiger partial charge on any atom is 0.162 e. The number of nitrogens with zero attached hydrogens (tertiary/aromatic N) is 4. The minimum Gasteiger partial charge on any atom is -0.493 e. The Hall–Kier alpha value is -3.18. The Labute approximate surface area is 252 Å². The van der Waals surface area contributed by atoms with Gasteiger partial charge in [0.15, 0.2) is 17.7 Å². The van der Waals surface area contributed by atoms with Crippen LogP contribution in [0.3, 0.4) is 0 Å². The molecule has 0 radical (unpaired) electrons. The average Bonchev–Trinajstić information content (AvgIpc) is 3.35. The standard InChI is InChI=1S/C30H31Cl2F2N5O3/c1-17(28-20(31)15-36-16-21(28)32)42-26-13-19-24(14-25(26)40-2)39(27-5-3-4-10-41-27)37-29(19)18-11-22(33)30(23(34)12-18)38-8-6-35-7-9-38/h11-17,27,35H,3-10H2,1-2H3/t17-,27?/m1/s1. The number of pyridine rings is 1. The minimum absolute atomic E-state index is 0.0229. The molecule has 12 heteroatoms. The number of piperazine rings is 1. The highest BCUT2D eigenvalue weighted by atomic mass is 35.5. The van der Waals surface area contributed by atoms with E-state index in [1.165, 1.54) is 24.5 Å². The van der Waals surface area contributed by atoms with Crippen LogP contribution in [-0.4, -0.2) is 54.7 Å². The zero-order chi connectivity index (χ0) is 29.4. The highest BCUT2D eigenvalue weighted by Crippen LogP contribution is 2.43. The van der Waals surface area contributed by atoms with Gasteiger partial charge in [-0.15, -0.1) is 0 Å². The van der Waals surface area contributed by atoms with Gasteiger partial charge >= 0.3 is 0 Å². The van der Waals surface area contributed by atoms with Gasteiger partial charge in [-0.3, -0.25) is 4.98 Å². The number of benzene rings is 2. The molecule has 2 aliphatic rings. The fourth-order valence-corrected chi connectivity index (χ4v) is 6.37. The number of hydrogen-bond donors (Lipinski definition) is 1. The summed E-state index contributed by atoms with van der Waals surface area (Å²) in [5, 5.41) is 9.44. The van der Waals surface area contributed by atoms with Crippen LogP contribution in [0.5, 0.6) is 11.5 Å². The van der Waals surface area contributed by atoms with Crippen molar-refractivity contribution in [1.29, 1.82) is 0 Å². The van der Waals surface area contributed by atoms with Gasteiger partial charge in [-0.25, -0.2) is 13.5 Å². The number of anilines is 1. The Balaban J connectivity index is 1.47. The molecule has 2 atom stereocenters. The first-order chi connectivity index (χ1) is 20.4. The number of aromatic nitrogens is 3. The molecule has 0 saturated carbocycles. The van der Waals surface area contributed by atoms with E-state index in [0.717, 1.165) is 19.3 Å². The molecule has 4 aromatic rings. The zero-order valence-electron chi connectivity index (χ0n) is 23.3. The van der Waals surface area contributed by atoms with Crippen LogP contribution in [0.25, 0.3) is 22.2 Å². The van der Waals surface area contributed by atoms with E-state index < -0.39 is 17.7 Å². The van der Waals surface area contributed by atoms with Crippen molar-refractivity contribution in [2.75, 3.05) is 44.8 Å². The first-order valence-electron chi connectivity index (χ1n) is 14.0. The molecule has 0 amide bonds. The fraction of sp³-hybridized carbons (Fsp3) is 0.400. The van der Waals surface area contributed by atoms with Crippen LogP contribution in [0.2, 0.25) is 10.0 Å². The van der Waals surface area contributed by atoms with Gasteiger partial charge in [-0.2, -0.15) is 5.10 Å². The number of ether oxygens (including phenoxy) is 3. The molecule has 0 bridgehead atoms. The topological polar surface area (TPSA) is 73.7 Å². The van der Waals surface area contributed by atoms with Crippen molar-refractivity contribution in [3.05, 3.63) is 63.9 Å². The van der Waals surface area contributed by atoms with Crippen molar-refractivity contribution in [2.45, 2.75) is 38.5 Å². The van der Waals surface area contributed by atoms with E-state index >= 15 is 8.78 Å². The molecule has 222 valence electrons. The summed E-state index contributed by atoms with van der Waals surface area (Å²) in [5.41, 5.74) is 1.97. The van der Waals surface area contributed by atoms with Crippen LogP contribution >= 0.6 is 23.2 Å². The molecule has 42 heavy (non-hydrogen) atoms. The van der Waals surface area contributed by atoms with Crippen LogP contribution in [0.15, 0.2) is 36.7 Å². The molecular weight excluding hydrogens is 587 g/mol. The lowest BCUT2D eigenvalue weighted by Gasteiger charge is -2.30. The summed E-state index contributed by atoms with van der Waals surface area (Å²) in [6.45, 7) is 4.79. The second kappa shape index (κ2) is 12.2. The van der Waals surface area contributed by atoms with Crippen molar-refractivity contribution < 1.29 is 23.0 Å². The summed E-state index contributed by atoms with van der Waals surface area (Å²) in [4.78, 5) is 5.74. The van der Waals surface area contributed by atoms with Gasteiger partial charge < -0.3 is 24.4 Å². The van der Waals surface area contributed by atoms with Crippen LogP contribution < -0.4 is 19.7 Å². The van der Waals surface area contributed by atoms with Gasteiger partial charge in [0.2, 0.25) is 0 Å². The number of fused-ring (bicyclic) bond motifs is 1. The van der Waals surface area contributed by atoms with Crippen LogP contribution in [-0.2, 0) is 4.74 Å². The molecule has 1 N–H and O–H groups in total. The Morgan fingerprint density at radius 3 is 2.38 bits per heavy atom. The second-order valence-electron chi connectivity index (χ2n) is 10.4. The lowest BCUT2D eigenvalue weighted by Crippen LogP contribution is -2.44. The molecule has 8 nitrogen and oxygen atoms in total. The molecule has 2 aromatic carbocycles. The van der Waals surface area contributed by atoms with E-state index in [1.807, 2.05) is 13.0 Å². The SMILES string of the molecule is COc1cc2c(cc1O[C@H](C)c1c(Cl)cncc1Cl)c(-c1cc(F)c(N3CCNCC3)c(F)c1)nn2C1CCCCO1. The largest absolute Gasteiger partial charge is 0.493 e. The molecule has 2 aliphatic heterocycles. The first kappa shape index (κ1) is 28.9. The Bertz CT molecular complexity index is 1560. The number of nitrogens with one attached hydrogen (secondary N) is 1. The molecule has 0 aliphatic carbocycles. The van der Waals surface area contributed by atoms with Crippen molar-refractivity contribution in [3.8, 4) is 22.8 Å². The van der Waals surface area contributed by atoms with Crippen molar-refractivity contribution in [2.24, 2.45) is 0 Å². The van der Waals surface area contributed by atoms with E-state index in [9.17, 15) is 0 Å². The van der Waals surface area contributed by atoms with Crippen molar-refractivity contribution in [1.82, 2.24) is 20.1 Å². The van der Waals surface area contributed by atoms with E-state index in [1.54, 1.807) is 22.8 Å². The normalized spacial score (nSPS) is 18.3. The third kappa shape index (κ3) is 5.48. The minimum atomic E-state index is -0.635. The van der Waals surface area contributed by atoms with Crippen LogP contribution in [0, 0.1) is 11.6 Å². The Kier molecular flexibility index (Phi) is 8.40. The molecule has 6 rings (SSSR count). The highest BCUT2D eigenvalue weighted by molar-refractivity contribution is 6.35. The van der Waals surface area contributed by atoms with Crippen molar-refractivity contribution in [3.63, 3.8) is 0 Å². The molecule has 2 aromatic heterocycles. The quantitative estimate of drug-likeness (QED) is 0.241. The summed E-state index contributed by atoms with van der Waals surface area (Å²) in [5.74, 6) is -0.427. The molecule has 1 unspecified atom stereocenters. The van der Waals surface area contributed by atoms with E-state index in [-0.39, 0.29) is 11.9 Å². The number of halogens is 4. The maximum atomic E-state index is 15.5. The van der Waals surface area contributed by atoms with Gasteiger partial charge in [-0.05, 0) is 44.4 Å². The van der Waals surface area contributed by atoms with Crippen LogP contribution in [0.4, 0.5) is 14.5 Å². The Morgan fingerprint density at radius 1 is 1.02 bits per heavy atom. The number of rotatable bonds is 7. The van der Waals surface area contributed by atoms with Gasteiger partial charge in [0.05, 0.1) is 22.7 Å². The van der Waals surface area contributed by atoms with E-state index in [2.05, 4.69) is 10.3 Å². The van der Waals surface area contributed by atoms with Gasteiger partial charge in [-0.1, -0.05) is 23.2 Å². The average molecular weight is 619 g/mol. The predicted molar refractivity (Wildman–Crippen MR) is 159 cm³/mol. The van der Waals surface area contributed by atoms with E-state index in [4.69, 9.17) is 42.5 Å². The number of hydrogen-bond acceptors (Lipinski definition) is 7. The number of methoxy groups -OCH3 is 1. The van der Waals surface area contributed by atoms with Gasteiger partial charge in [0.1, 0.15) is 29.1 Å². The predicted octanol–water partition coefficient (Wildman–Crippen LogP) is 6.94. The maximum absolute atomic E-state index is 15.5. The van der Waals surface area contributed by atoms with Crippen LogP contribution in [0.1, 0.15) is 44.1 Å². The fourth-order valence-electron chi connectivity index (χ4n) is 5.70. The molecule has 0 spiro atoms. The molecule has 2 saturated heterocycles. The summed E-state index contributed by atoms with van der Waals surface area (Å²) in [7, 11) is 1.55. The monoisotopic (exact) mass is 617 g/mol. The Morgan fingerprint density at radius 2 is 1.74 bits per heavy atom. The summed E-state index contributed by atoms with van der Waals surface area (Å²) >= 11 is 12.8. The zero-order valence-corrected chi connectivity index (χ0v) is 24.8. The summed E-state index contributed by atoms with van der Waals surface area (Å²) < 4.78 is 51.0. The smallest absolute Gasteiger partial charge is 0.162 e. The highest BCUT2D eigenvalue weighted by Gasteiger charge is 2.27. The third-order valence-electron chi connectivity index (χ3n) is 7.74.